The van der Waals surface area contributed by atoms with Crippen LogP contribution in [0.2, 0.25) is 0 Å². The molecule has 0 fully saturated rings. The van der Waals surface area contributed by atoms with Crippen molar-refractivity contribution in [2.75, 3.05) is 29.6 Å². The summed E-state index contributed by atoms with van der Waals surface area (Å²) in [5.41, 5.74) is 1.85. The maximum Gasteiger partial charge on any atom is 0.416 e. The van der Waals surface area contributed by atoms with Gasteiger partial charge in [-0.3, -0.25) is 10.1 Å². The van der Waals surface area contributed by atoms with Crippen molar-refractivity contribution in [2.24, 2.45) is 0 Å². The molecule has 5 N–H and O–H groups in total. The van der Waals surface area contributed by atoms with E-state index in [1.165, 1.54) is 19.2 Å². The fourth-order valence-electron chi connectivity index (χ4n) is 4.79. The summed E-state index contributed by atoms with van der Waals surface area (Å²) in [5.74, 6) is -1.06. The molecule has 4 aromatic carbocycles. The predicted molar refractivity (Wildman–Crippen MR) is 174 cm³/mol. The highest BCUT2D eigenvalue weighted by molar-refractivity contribution is 5.99. The summed E-state index contributed by atoms with van der Waals surface area (Å²) < 4.78 is 46.4. The fourth-order valence-corrected chi connectivity index (χ4v) is 4.79. The number of benzene rings is 4. The van der Waals surface area contributed by atoms with Crippen LogP contribution in [0.1, 0.15) is 29.4 Å². The third-order valence-electron chi connectivity index (χ3n) is 6.98. The van der Waals surface area contributed by atoms with Gasteiger partial charge in [-0.25, -0.2) is 4.79 Å². The van der Waals surface area contributed by atoms with Gasteiger partial charge >= 0.3 is 18.2 Å². The number of ether oxygens (including phenoxy) is 1. The number of rotatable bonds is 12. The zero-order valence-electron chi connectivity index (χ0n) is 25.5. The van der Waals surface area contributed by atoms with Gasteiger partial charge in [-0.1, -0.05) is 72.8 Å². The molecule has 0 spiro atoms. The third kappa shape index (κ3) is 8.61. The molecule has 0 saturated heterocycles. The summed E-state index contributed by atoms with van der Waals surface area (Å²) in [5, 5.41) is 20.6. The lowest BCUT2D eigenvalue weighted by atomic mass is 10.0. The largest absolute Gasteiger partial charge is 0.495 e. The second-order valence-electron chi connectivity index (χ2n) is 10.3. The highest BCUT2D eigenvalue weighted by Crippen LogP contribution is 2.33. The number of nitrogens with zero attached hydrogens (tertiary/aromatic N) is 3. The molecular formula is C34H30F3N7O4. The summed E-state index contributed by atoms with van der Waals surface area (Å²) in [7, 11) is 1.45. The number of carboxylic acid groups (broad SMARTS) is 1. The predicted octanol–water partition coefficient (Wildman–Crippen LogP) is 7.11. The molecule has 5 aromatic rings. The Balaban J connectivity index is 1.57. The summed E-state index contributed by atoms with van der Waals surface area (Å²) >= 11 is 0. The van der Waals surface area contributed by atoms with Crippen molar-refractivity contribution < 1.29 is 32.6 Å². The van der Waals surface area contributed by atoms with Crippen molar-refractivity contribution in [2.45, 2.75) is 18.6 Å². The number of nitrogens with one attached hydrogen (secondary N) is 4. The van der Waals surface area contributed by atoms with Gasteiger partial charge in [0, 0.05) is 17.8 Å². The van der Waals surface area contributed by atoms with E-state index < -0.39 is 29.8 Å². The number of urea groups is 1. The topological polar surface area (TPSA) is 150 Å². The number of para-hydroxylation sites is 3. The molecule has 2 amide bonds. The lowest BCUT2D eigenvalue weighted by molar-refractivity contribution is -0.138. The maximum absolute atomic E-state index is 13.7. The van der Waals surface area contributed by atoms with E-state index in [2.05, 4.69) is 36.2 Å². The first-order chi connectivity index (χ1) is 23.1. The Labute approximate surface area is 273 Å². The molecule has 0 bridgehead atoms. The van der Waals surface area contributed by atoms with Crippen molar-refractivity contribution in [3.63, 3.8) is 0 Å². The number of methoxy groups -OCH3 is 1. The standard InChI is InChI=1S/C34H30F3N7O4/c1-48-27-17-8-7-16-26(27)40-33(47)44-32-42-30(29(38-19-18-28(45)46)22-12-9-13-23(20-22)34(35,36)37)41-31(43-32)39-25-15-6-5-14-24(25)21-10-3-2-4-11-21/h2-17,20,29,38H,18-19H2,1H3,(H,45,46)(H3,39,40,41,42,43,44,47). The minimum Gasteiger partial charge on any atom is -0.495 e. The number of aliphatic carboxylic acids is 1. The molecule has 0 aliphatic rings. The zero-order valence-corrected chi connectivity index (χ0v) is 25.5. The SMILES string of the molecule is COc1ccccc1NC(=O)Nc1nc(Nc2ccccc2-c2ccccc2)nc(C(NCCC(=O)O)c2cccc(C(F)(F)F)c2)n1. The van der Waals surface area contributed by atoms with Crippen LogP contribution in [-0.4, -0.2) is 45.7 Å². The van der Waals surface area contributed by atoms with E-state index in [4.69, 9.17) is 4.74 Å². The van der Waals surface area contributed by atoms with E-state index in [0.717, 1.165) is 23.3 Å². The molecular weight excluding hydrogens is 627 g/mol. The Hall–Kier alpha value is -6.02. The van der Waals surface area contributed by atoms with Crippen LogP contribution >= 0.6 is 0 Å². The van der Waals surface area contributed by atoms with Gasteiger partial charge in [-0.05, 0) is 41.5 Å². The van der Waals surface area contributed by atoms with Crippen molar-refractivity contribution in [3.8, 4) is 16.9 Å². The van der Waals surface area contributed by atoms with E-state index in [0.29, 0.717) is 17.1 Å². The highest BCUT2D eigenvalue weighted by Gasteiger charge is 2.32. The van der Waals surface area contributed by atoms with Crippen LogP contribution in [0.4, 0.5) is 41.2 Å². The van der Waals surface area contributed by atoms with Crippen LogP contribution < -0.4 is 26.0 Å². The van der Waals surface area contributed by atoms with Crippen molar-refractivity contribution >= 4 is 35.3 Å². The number of anilines is 4. The number of amides is 2. The van der Waals surface area contributed by atoms with E-state index >= 15 is 0 Å². The minimum atomic E-state index is -4.64. The summed E-state index contributed by atoms with van der Waals surface area (Å²) in [6, 6.07) is 26.2. The Kier molecular flexibility index (Phi) is 10.5. The molecule has 1 unspecified atom stereocenters. The molecule has 11 nitrogen and oxygen atoms in total. The van der Waals surface area contributed by atoms with Gasteiger partial charge in [0.15, 0.2) is 5.82 Å². The van der Waals surface area contributed by atoms with Crippen molar-refractivity contribution in [1.29, 1.82) is 0 Å². The summed E-state index contributed by atoms with van der Waals surface area (Å²) in [6.07, 6.45) is -4.97. The molecule has 14 heteroatoms. The normalized spacial score (nSPS) is 11.8. The Morgan fingerprint density at radius 3 is 2.23 bits per heavy atom. The van der Waals surface area contributed by atoms with Crippen LogP contribution in [0.5, 0.6) is 5.75 Å². The summed E-state index contributed by atoms with van der Waals surface area (Å²) in [6.45, 7) is -0.126. The quantitative estimate of drug-likeness (QED) is 0.0946. The van der Waals surface area contributed by atoms with Crippen LogP contribution in [0.25, 0.3) is 11.1 Å². The van der Waals surface area contributed by atoms with E-state index in [9.17, 15) is 27.9 Å². The Morgan fingerprint density at radius 2 is 1.50 bits per heavy atom. The van der Waals surface area contributed by atoms with Crippen LogP contribution in [0, 0.1) is 0 Å². The van der Waals surface area contributed by atoms with Crippen molar-refractivity contribution in [3.05, 3.63) is 120 Å². The van der Waals surface area contributed by atoms with E-state index in [-0.39, 0.29) is 36.3 Å². The van der Waals surface area contributed by atoms with Gasteiger partial charge in [0.2, 0.25) is 11.9 Å². The highest BCUT2D eigenvalue weighted by atomic mass is 19.4. The van der Waals surface area contributed by atoms with Gasteiger partial charge < -0.3 is 25.8 Å². The Bertz CT molecular complexity index is 1890. The van der Waals surface area contributed by atoms with Gasteiger partial charge in [0.25, 0.3) is 0 Å². The number of alkyl halides is 3. The number of halogens is 3. The number of aromatic nitrogens is 3. The molecule has 0 aliphatic carbocycles. The molecule has 246 valence electrons. The Morgan fingerprint density at radius 1 is 0.812 bits per heavy atom. The number of carboxylic acids is 1. The minimum absolute atomic E-state index is 0.0343. The average Bonchev–Trinajstić information content (AvgIpc) is 3.07. The van der Waals surface area contributed by atoms with Crippen LogP contribution in [0.15, 0.2) is 103 Å². The molecule has 0 aliphatic heterocycles. The third-order valence-corrected chi connectivity index (χ3v) is 6.98. The number of hydrogen-bond donors (Lipinski definition) is 5. The van der Waals surface area contributed by atoms with E-state index in [1.807, 2.05) is 42.5 Å². The second kappa shape index (κ2) is 15.0. The molecule has 1 heterocycles. The van der Waals surface area contributed by atoms with E-state index in [1.54, 1.807) is 36.4 Å². The first-order valence-electron chi connectivity index (χ1n) is 14.6. The zero-order chi connectivity index (χ0) is 34.1. The number of hydrogen-bond acceptors (Lipinski definition) is 8. The second-order valence-corrected chi connectivity index (χ2v) is 10.3. The monoisotopic (exact) mass is 657 g/mol. The molecule has 48 heavy (non-hydrogen) atoms. The summed E-state index contributed by atoms with van der Waals surface area (Å²) in [4.78, 5) is 37.7. The molecule has 1 atom stereocenters. The van der Waals surface area contributed by atoms with Gasteiger partial charge in [-0.15, -0.1) is 0 Å². The first-order valence-corrected chi connectivity index (χ1v) is 14.6. The smallest absolute Gasteiger partial charge is 0.416 e. The first kappa shape index (κ1) is 33.3. The number of carbonyl (C=O) groups is 2. The fraction of sp³-hybridized carbons (Fsp3) is 0.147. The van der Waals surface area contributed by atoms with Crippen molar-refractivity contribution in [1.82, 2.24) is 20.3 Å². The molecule has 1 aromatic heterocycles. The van der Waals surface area contributed by atoms with Crippen LogP contribution in [-0.2, 0) is 11.0 Å². The van der Waals surface area contributed by atoms with Gasteiger partial charge in [0.05, 0.1) is 30.8 Å². The van der Waals surface area contributed by atoms with Crippen LogP contribution in [0.3, 0.4) is 0 Å². The number of carbonyl (C=O) groups excluding carboxylic acids is 1. The maximum atomic E-state index is 13.7. The molecule has 5 rings (SSSR count). The lowest BCUT2D eigenvalue weighted by Gasteiger charge is -2.21. The lowest BCUT2D eigenvalue weighted by Crippen LogP contribution is -2.28. The van der Waals surface area contributed by atoms with Gasteiger partial charge in [-0.2, -0.15) is 28.1 Å². The molecule has 0 radical (unpaired) electrons. The van der Waals surface area contributed by atoms with Gasteiger partial charge in [0.1, 0.15) is 5.75 Å². The molecule has 0 saturated carbocycles. The average molecular weight is 658 g/mol.